The van der Waals surface area contributed by atoms with Gasteiger partial charge in [0.2, 0.25) is 5.95 Å². The number of rotatable bonds is 7. The molecule has 1 N–H and O–H groups in total. The molecule has 1 aromatic heterocycles. The highest BCUT2D eigenvalue weighted by Crippen LogP contribution is 2.27. The highest BCUT2D eigenvalue weighted by Gasteiger charge is 2.14. The molecule has 1 aromatic carbocycles. The van der Waals surface area contributed by atoms with Crippen molar-refractivity contribution in [3.63, 3.8) is 0 Å². The van der Waals surface area contributed by atoms with Gasteiger partial charge >= 0.3 is 5.97 Å². The van der Waals surface area contributed by atoms with E-state index < -0.39 is 18.5 Å². The van der Waals surface area contributed by atoms with Gasteiger partial charge in [0.05, 0.1) is 12.8 Å². The smallest absolute Gasteiger partial charge is 0.326 e. The van der Waals surface area contributed by atoms with Gasteiger partial charge in [-0.1, -0.05) is 11.6 Å². The zero-order chi connectivity index (χ0) is 18.2. The maximum absolute atomic E-state index is 11.9. The van der Waals surface area contributed by atoms with Gasteiger partial charge in [0.15, 0.2) is 6.61 Å². The van der Waals surface area contributed by atoms with Gasteiger partial charge in [-0.05, 0) is 24.3 Å². The number of halogens is 1. The number of nitrogens with zero attached hydrogens (tertiary/aromatic N) is 3. The first-order valence-corrected chi connectivity index (χ1v) is 7.64. The summed E-state index contributed by atoms with van der Waals surface area (Å²) in [5, 5.41) is 3.02. The topological polar surface area (TPSA) is 93.6 Å². The van der Waals surface area contributed by atoms with Crippen LogP contribution >= 0.6 is 11.6 Å². The summed E-state index contributed by atoms with van der Waals surface area (Å²) in [6, 6.07) is 6.47. The Balaban J connectivity index is 1.83. The van der Waals surface area contributed by atoms with Crippen molar-refractivity contribution < 1.29 is 19.1 Å². The number of amides is 1. The number of benzene rings is 1. The van der Waals surface area contributed by atoms with Crippen molar-refractivity contribution in [1.29, 1.82) is 0 Å². The van der Waals surface area contributed by atoms with E-state index in [0.717, 1.165) is 0 Å². The lowest BCUT2D eigenvalue weighted by Crippen LogP contribution is -2.30. The molecule has 0 radical (unpaired) electrons. The summed E-state index contributed by atoms with van der Waals surface area (Å²) in [6.45, 7) is -0.518. The normalized spacial score (nSPS) is 10.0. The molecule has 0 aliphatic heterocycles. The van der Waals surface area contributed by atoms with E-state index in [4.69, 9.17) is 21.1 Å². The molecule has 0 fully saturated rings. The molecule has 0 unspecified atom stereocenters. The van der Waals surface area contributed by atoms with Crippen molar-refractivity contribution in [1.82, 2.24) is 9.97 Å². The molecule has 0 aliphatic carbocycles. The second-order valence-electron chi connectivity index (χ2n) is 4.96. The van der Waals surface area contributed by atoms with E-state index in [1.165, 1.54) is 12.0 Å². The number of esters is 1. The lowest BCUT2D eigenvalue weighted by molar-refractivity contribution is -0.145. The van der Waals surface area contributed by atoms with Crippen LogP contribution in [0.3, 0.4) is 0 Å². The van der Waals surface area contributed by atoms with E-state index in [1.54, 1.807) is 43.7 Å². The number of methoxy groups -OCH3 is 1. The van der Waals surface area contributed by atoms with Gasteiger partial charge in [0, 0.05) is 24.5 Å². The number of carbonyl (C=O) groups excluding carboxylic acids is 2. The van der Waals surface area contributed by atoms with Crippen LogP contribution in [-0.2, 0) is 14.3 Å². The third-order valence-electron chi connectivity index (χ3n) is 3.06. The van der Waals surface area contributed by atoms with Crippen LogP contribution in [0.4, 0.5) is 11.6 Å². The highest BCUT2D eigenvalue weighted by molar-refractivity contribution is 6.31. The molecular weight excluding hydrogens is 348 g/mol. The zero-order valence-electron chi connectivity index (χ0n) is 13.7. The molecule has 9 heteroatoms. The highest BCUT2D eigenvalue weighted by atomic mass is 35.5. The molecule has 0 spiro atoms. The number of ether oxygens (including phenoxy) is 2. The fourth-order valence-corrected chi connectivity index (χ4v) is 2.08. The summed E-state index contributed by atoms with van der Waals surface area (Å²) >= 11 is 5.89. The van der Waals surface area contributed by atoms with Crippen molar-refractivity contribution in [3.8, 4) is 5.75 Å². The average molecular weight is 365 g/mol. The Morgan fingerprint density at radius 3 is 2.68 bits per heavy atom. The summed E-state index contributed by atoms with van der Waals surface area (Å²) in [6.07, 6.45) is 3.13. The molecular formula is C16H17ClN4O4. The minimum absolute atomic E-state index is 0.0855. The SMILES string of the molecule is COc1ccc(Cl)cc1NC(=O)COC(=O)CN(C)c1ncccn1. The van der Waals surface area contributed by atoms with Gasteiger partial charge in [-0.25, -0.2) is 9.97 Å². The van der Waals surface area contributed by atoms with E-state index in [9.17, 15) is 9.59 Å². The van der Waals surface area contributed by atoms with Crippen LogP contribution in [0, 0.1) is 0 Å². The van der Waals surface area contributed by atoms with Gasteiger partial charge in [-0.2, -0.15) is 0 Å². The van der Waals surface area contributed by atoms with Gasteiger partial charge in [-0.3, -0.25) is 9.59 Å². The van der Waals surface area contributed by atoms with E-state index in [2.05, 4.69) is 15.3 Å². The molecule has 2 rings (SSSR count). The lowest BCUT2D eigenvalue weighted by Gasteiger charge is -2.15. The van der Waals surface area contributed by atoms with Crippen molar-refractivity contribution in [2.24, 2.45) is 0 Å². The molecule has 1 amide bonds. The summed E-state index contributed by atoms with van der Waals surface area (Å²) < 4.78 is 10.1. The predicted octanol–water partition coefficient (Wildman–Crippen LogP) is 1.76. The van der Waals surface area contributed by atoms with Gasteiger partial charge < -0.3 is 19.7 Å². The number of hydrogen-bond donors (Lipinski definition) is 1. The van der Waals surface area contributed by atoms with Crippen LogP contribution in [-0.4, -0.2) is 49.2 Å². The maximum atomic E-state index is 11.9. The standard InChI is InChI=1S/C16H17ClN4O4/c1-21(16-18-6-3-7-19-16)9-15(23)25-10-14(22)20-12-8-11(17)4-5-13(12)24-2/h3-8H,9-10H2,1-2H3,(H,20,22). The monoisotopic (exact) mass is 364 g/mol. The van der Waals surface area contributed by atoms with Gasteiger partial charge in [-0.15, -0.1) is 0 Å². The van der Waals surface area contributed by atoms with Crippen LogP contribution in [0.5, 0.6) is 5.75 Å². The van der Waals surface area contributed by atoms with Gasteiger partial charge in [0.25, 0.3) is 5.91 Å². The largest absolute Gasteiger partial charge is 0.495 e. The Bertz CT molecular complexity index is 742. The Hall–Kier alpha value is -2.87. The van der Waals surface area contributed by atoms with E-state index >= 15 is 0 Å². The van der Waals surface area contributed by atoms with Crippen LogP contribution < -0.4 is 15.0 Å². The first-order chi connectivity index (χ1) is 12.0. The summed E-state index contributed by atoms with van der Waals surface area (Å²) in [4.78, 5) is 33.3. The summed E-state index contributed by atoms with van der Waals surface area (Å²) in [7, 11) is 3.12. The van der Waals surface area contributed by atoms with Crippen LogP contribution in [0.15, 0.2) is 36.7 Å². The molecule has 0 aliphatic rings. The molecule has 0 atom stereocenters. The Labute approximate surface area is 149 Å². The van der Waals surface area contributed by atoms with Crippen LogP contribution in [0.1, 0.15) is 0 Å². The number of likely N-dealkylation sites (N-methyl/N-ethyl adjacent to an activating group) is 1. The molecule has 0 saturated carbocycles. The van der Waals surface area contributed by atoms with E-state index in [0.29, 0.717) is 22.4 Å². The molecule has 1 heterocycles. The third-order valence-corrected chi connectivity index (χ3v) is 3.29. The second-order valence-corrected chi connectivity index (χ2v) is 5.39. The first kappa shape index (κ1) is 18.5. The maximum Gasteiger partial charge on any atom is 0.326 e. The lowest BCUT2D eigenvalue weighted by atomic mass is 10.3. The zero-order valence-corrected chi connectivity index (χ0v) is 14.5. The van der Waals surface area contributed by atoms with Crippen molar-refractivity contribution in [2.45, 2.75) is 0 Å². The van der Waals surface area contributed by atoms with E-state index in [1.807, 2.05) is 0 Å². The van der Waals surface area contributed by atoms with Crippen LogP contribution in [0.25, 0.3) is 0 Å². The van der Waals surface area contributed by atoms with Crippen molar-refractivity contribution in [3.05, 3.63) is 41.7 Å². The number of nitrogens with one attached hydrogen (secondary N) is 1. The Morgan fingerprint density at radius 1 is 1.28 bits per heavy atom. The van der Waals surface area contributed by atoms with Crippen molar-refractivity contribution in [2.75, 3.05) is 37.5 Å². The average Bonchev–Trinajstić information content (AvgIpc) is 2.61. The third kappa shape index (κ3) is 5.61. The Morgan fingerprint density at radius 2 is 2.00 bits per heavy atom. The summed E-state index contributed by atoms with van der Waals surface area (Å²) in [5.74, 6) is -0.256. The number of carbonyl (C=O) groups is 2. The fourth-order valence-electron chi connectivity index (χ4n) is 1.91. The molecule has 0 bridgehead atoms. The van der Waals surface area contributed by atoms with Crippen LogP contribution in [0.2, 0.25) is 5.02 Å². The quantitative estimate of drug-likeness (QED) is 0.748. The molecule has 25 heavy (non-hydrogen) atoms. The molecule has 2 aromatic rings. The fraction of sp³-hybridized carbons (Fsp3) is 0.250. The first-order valence-electron chi connectivity index (χ1n) is 7.26. The number of anilines is 2. The molecule has 8 nitrogen and oxygen atoms in total. The number of hydrogen-bond acceptors (Lipinski definition) is 7. The Kier molecular flexibility index (Phi) is 6.53. The minimum atomic E-state index is -0.580. The predicted molar refractivity (Wildman–Crippen MR) is 92.9 cm³/mol. The molecule has 0 saturated heterocycles. The second kappa shape index (κ2) is 8.84. The van der Waals surface area contributed by atoms with Crippen molar-refractivity contribution >= 4 is 35.1 Å². The number of aromatic nitrogens is 2. The van der Waals surface area contributed by atoms with Gasteiger partial charge in [0.1, 0.15) is 12.3 Å². The molecule has 132 valence electrons. The van der Waals surface area contributed by atoms with E-state index in [-0.39, 0.29) is 6.54 Å². The minimum Gasteiger partial charge on any atom is -0.495 e. The summed E-state index contributed by atoms with van der Waals surface area (Å²) in [5.41, 5.74) is 0.394.